The number of hydrogen-bond donors (Lipinski definition) is 2. The molecule has 8 heteroatoms. The number of pyridine rings is 1. The molecule has 2 N–H and O–H groups in total. The molecule has 1 spiro atoms. The Morgan fingerprint density at radius 1 is 1.00 bits per heavy atom. The molecule has 4 amide bonds. The van der Waals surface area contributed by atoms with E-state index < -0.39 is 5.54 Å². The Morgan fingerprint density at radius 2 is 1.80 bits per heavy atom. The van der Waals surface area contributed by atoms with E-state index in [0.717, 1.165) is 45.6 Å². The molecule has 3 aliphatic heterocycles. The first-order valence-corrected chi connectivity index (χ1v) is 11.9. The van der Waals surface area contributed by atoms with Gasteiger partial charge in [-0.1, -0.05) is 19.1 Å². The number of anilines is 2. The molecule has 0 radical (unpaired) electrons. The first-order chi connectivity index (χ1) is 16.8. The highest BCUT2D eigenvalue weighted by atomic mass is 16.2. The second kappa shape index (κ2) is 6.59. The number of urea groups is 1. The molecule has 1 saturated heterocycles. The minimum atomic E-state index is -0.835. The van der Waals surface area contributed by atoms with Crippen LogP contribution in [0.4, 0.5) is 16.2 Å². The van der Waals surface area contributed by atoms with Crippen molar-refractivity contribution < 1.29 is 14.4 Å². The van der Waals surface area contributed by atoms with Gasteiger partial charge in [0.05, 0.1) is 17.8 Å². The predicted molar refractivity (Wildman–Crippen MR) is 131 cm³/mol. The Bertz CT molecular complexity index is 1500. The molecule has 1 unspecified atom stereocenters. The summed E-state index contributed by atoms with van der Waals surface area (Å²) in [5.74, 6) is -0.155. The smallest absolute Gasteiger partial charge is 0.324 e. The van der Waals surface area contributed by atoms with Gasteiger partial charge in [0.25, 0.3) is 5.91 Å². The van der Waals surface area contributed by atoms with Crippen LogP contribution in [0.2, 0.25) is 0 Å². The molecule has 1 aromatic heterocycles. The molecule has 1 aliphatic carbocycles. The van der Waals surface area contributed by atoms with Crippen molar-refractivity contribution in [2.75, 3.05) is 23.8 Å². The van der Waals surface area contributed by atoms with Crippen molar-refractivity contribution in [3.8, 4) is 0 Å². The minimum Gasteiger partial charge on any atom is -0.364 e. The first-order valence-electron chi connectivity index (χ1n) is 11.9. The van der Waals surface area contributed by atoms with Crippen molar-refractivity contribution in [1.29, 1.82) is 0 Å². The lowest BCUT2D eigenvalue weighted by molar-refractivity contribution is -0.125. The van der Waals surface area contributed by atoms with Crippen molar-refractivity contribution in [2.45, 2.75) is 43.7 Å². The van der Waals surface area contributed by atoms with Crippen LogP contribution < -0.4 is 15.5 Å². The van der Waals surface area contributed by atoms with Crippen LogP contribution in [0.5, 0.6) is 0 Å². The molecule has 2 aromatic carbocycles. The van der Waals surface area contributed by atoms with Gasteiger partial charge in [-0.25, -0.2) is 4.79 Å². The molecule has 4 heterocycles. The molecule has 1 fully saturated rings. The Labute approximate surface area is 202 Å². The van der Waals surface area contributed by atoms with Crippen LogP contribution in [-0.2, 0) is 34.4 Å². The predicted octanol–water partition coefficient (Wildman–Crippen LogP) is 2.87. The number of rotatable bonds is 2. The third-order valence-electron chi connectivity index (χ3n) is 8.33. The molecular weight excluding hydrogens is 442 g/mol. The van der Waals surface area contributed by atoms with Gasteiger partial charge in [0.2, 0.25) is 5.91 Å². The number of carbonyl (C=O) groups excluding carboxylic acids is 3. The summed E-state index contributed by atoms with van der Waals surface area (Å²) in [5, 5.41) is 6.51. The van der Waals surface area contributed by atoms with Crippen LogP contribution in [0.25, 0.3) is 10.9 Å². The first kappa shape index (κ1) is 20.4. The van der Waals surface area contributed by atoms with Crippen LogP contribution >= 0.6 is 0 Å². The highest BCUT2D eigenvalue weighted by Gasteiger charge is 2.54. The van der Waals surface area contributed by atoms with Crippen LogP contribution in [0, 0.1) is 0 Å². The van der Waals surface area contributed by atoms with Crippen LogP contribution in [0.1, 0.15) is 35.7 Å². The number of amides is 4. The van der Waals surface area contributed by atoms with E-state index in [1.165, 1.54) is 5.56 Å². The molecule has 35 heavy (non-hydrogen) atoms. The molecule has 176 valence electrons. The average molecular weight is 468 g/mol. The maximum absolute atomic E-state index is 12.6. The zero-order valence-corrected chi connectivity index (χ0v) is 19.6. The van der Waals surface area contributed by atoms with Gasteiger partial charge in [0, 0.05) is 60.6 Å². The second-order valence-electron chi connectivity index (χ2n) is 10.7. The number of aromatic nitrogens is 1. The van der Waals surface area contributed by atoms with Gasteiger partial charge in [0.15, 0.2) is 0 Å². The highest BCUT2D eigenvalue weighted by Crippen LogP contribution is 2.49. The normalized spacial score (nSPS) is 26.4. The van der Waals surface area contributed by atoms with Crippen molar-refractivity contribution in [3.63, 3.8) is 0 Å². The summed E-state index contributed by atoms with van der Waals surface area (Å²) >= 11 is 0. The summed E-state index contributed by atoms with van der Waals surface area (Å²) in [6.45, 7) is 3.59. The van der Waals surface area contributed by atoms with Crippen molar-refractivity contribution in [1.82, 2.24) is 15.2 Å². The molecule has 3 aromatic rings. The summed E-state index contributed by atoms with van der Waals surface area (Å²) in [7, 11) is 1.69. The van der Waals surface area contributed by atoms with Crippen molar-refractivity contribution in [2.24, 2.45) is 0 Å². The third-order valence-corrected chi connectivity index (χ3v) is 8.33. The molecule has 0 saturated carbocycles. The quantitative estimate of drug-likeness (QED) is 0.566. The summed E-state index contributed by atoms with van der Waals surface area (Å²) < 4.78 is 0. The van der Waals surface area contributed by atoms with Gasteiger partial charge < -0.3 is 15.1 Å². The van der Waals surface area contributed by atoms with E-state index in [0.29, 0.717) is 25.8 Å². The van der Waals surface area contributed by atoms with Crippen molar-refractivity contribution >= 4 is 40.1 Å². The lowest BCUT2D eigenvalue weighted by Crippen LogP contribution is -2.48. The number of likely N-dealkylation sites (N-methyl/N-ethyl adjacent to an activating group) is 1. The largest absolute Gasteiger partial charge is 0.364 e. The molecular formula is C27H25N5O3. The third kappa shape index (κ3) is 2.73. The molecule has 0 bridgehead atoms. The zero-order chi connectivity index (χ0) is 24.1. The Hall–Kier alpha value is -3.94. The Morgan fingerprint density at radius 3 is 2.57 bits per heavy atom. The van der Waals surface area contributed by atoms with Crippen LogP contribution in [0.3, 0.4) is 0 Å². The number of imide groups is 1. The fraction of sp³-hybridized carbons (Fsp3) is 0.333. The lowest BCUT2D eigenvalue weighted by atomic mass is 9.78. The maximum Gasteiger partial charge on any atom is 0.324 e. The second-order valence-corrected chi connectivity index (χ2v) is 10.7. The molecule has 8 nitrogen and oxygen atoms in total. The van der Waals surface area contributed by atoms with E-state index in [1.54, 1.807) is 11.9 Å². The highest BCUT2D eigenvalue weighted by molar-refractivity contribution is 6.08. The molecule has 2 atom stereocenters. The van der Waals surface area contributed by atoms with Crippen LogP contribution in [-0.4, -0.2) is 46.9 Å². The van der Waals surface area contributed by atoms with Crippen molar-refractivity contribution in [3.05, 3.63) is 64.8 Å². The number of carbonyl (C=O) groups is 3. The van der Waals surface area contributed by atoms with Crippen LogP contribution in [0.15, 0.2) is 42.5 Å². The maximum atomic E-state index is 12.6. The van der Waals surface area contributed by atoms with E-state index in [2.05, 4.69) is 52.8 Å². The SMILES string of the molecule is CN1C(=O)NC(=O)[C@@]12Cc1cc3ccc(CN4CC5(C)CC(=O)Nc6cccc4c65)nc3cc1C2. The van der Waals surface area contributed by atoms with Gasteiger partial charge in [-0.2, -0.15) is 0 Å². The fourth-order valence-corrected chi connectivity index (χ4v) is 6.61. The average Bonchev–Trinajstić information content (AvgIpc) is 3.39. The summed E-state index contributed by atoms with van der Waals surface area (Å²) in [5.41, 5.74) is 6.26. The minimum absolute atomic E-state index is 0.0674. The van der Waals surface area contributed by atoms with Gasteiger partial charge in [0.1, 0.15) is 5.54 Å². The van der Waals surface area contributed by atoms with E-state index in [1.807, 2.05) is 12.1 Å². The van der Waals surface area contributed by atoms with Gasteiger partial charge in [-0.05, 0) is 41.5 Å². The number of nitrogens with one attached hydrogen (secondary N) is 2. The summed E-state index contributed by atoms with van der Waals surface area (Å²) in [6.07, 6.45) is 1.50. The molecule has 4 aliphatic rings. The number of benzene rings is 2. The van der Waals surface area contributed by atoms with Gasteiger partial charge in [-0.3, -0.25) is 19.9 Å². The monoisotopic (exact) mass is 467 g/mol. The lowest BCUT2D eigenvalue weighted by Gasteiger charge is -2.30. The number of hydrogen-bond acceptors (Lipinski definition) is 5. The zero-order valence-electron chi connectivity index (χ0n) is 19.6. The fourth-order valence-electron chi connectivity index (χ4n) is 6.61. The van der Waals surface area contributed by atoms with E-state index in [9.17, 15) is 14.4 Å². The standard InChI is InChI=1S/C27H25N5O3/c1-26-12-22(33)29-19-4-3-5-21(23(19)26)32(14-26)13-18-7-6-15-8-16-10-27(11-17(16)9-20(15)28-18)24(34)30-25(35)31(27)2/h3-9H,10-14H2,1-2H3,(H,29,33)(H,30,34,35)/t26?,27-/m0/s1. The summed E-state index contributed by atoms with van der Waals surface area (Å²) in [4.78, 5) is 45.9. The number of nitrogens with zero attached hydrogens (tertiary/aromatic N) is 3. The Balaban J connectivity index is 1.21. The van der Waals surface area contributed by atoms with E-state index in [-0.39, 0.29) is 23.3 Å². The van der Waals surface area contributed by atoms with E-state index in [4.69, 9.17) is 4.98 Å². The number of fused-ring (bicyclic) bond motifs is 2. The van der Waals surface area contributed by atoms with E-state index >= 15 is 0 Å². The topological polar surface area (TPSA) is 94.6 Å². The van der Waals surface area contributed by atoms with Gasteiger partial charge in [-0.15, -0.1) is 0 Å². The Kier molecular flexibility index (Phi) is 3.85. The molecule has 7 rings (SSSR count). The van der Waals surface area contributed by atoms with Gasteiger partial charge >= 0.3 is 6.03 Å². The summed E-state index contributed by atoms with van der Waals surface area (Å²) in [6, 6.07) is 14.1.